The fourth-order valence-corrected chi connectivity index (χ4v) is 2.16. The molecule has 2 aromatic heterocycles. The topological polar surface area (TPSA) is 86.1 Å². The molecule has 1 N–H and O–H groups in total. The summed E-state index contributed by atoms with van der Waals surface area (Å²) in [6, 6.07) is 1.67. The van der Waals surface area contributed by atoms with Gasteiger partial charge in [-0.3, -0.25) is 10.1 Å². The number of carbonyl (C=O) groups excluding carboxylic acids is 2. The number of anilines is 1. The van der Waals surface area contributed by atoms with Gasteiger partial charge in [0.25, 0.3) is 0 Å². The first-order chi connectivity index (χ1) is 11.7. The number of rotatable bonds is 5. The summed E-state index contributed by atoms with van der Waals surface area (Å²) in [6.45, 7) is 9.11. The molecule has 0 radical (unpaired) electrons. The van der Waals surface area contributed by atoms with Crippen LogP contribution in [-0.4, -0.2) is 32.2 Å². The van der Waals surface area contributed by atoms with Crippen molar-refractivity contribution < 1.29 is 14.3 Å². The summed E-state index contributed by atoms with van der Waals surface area (Å²) in [6.07, 6.45) is 5.74. The number of hydrogen-bond donors (Lipinski definition) is 1. The van der Waals surface area contributed by atoms with Crippen molar-refractivity contribution >= 4 is 17.6 Å². The molecule has 134 valence electrons. The number of amides is 1. The van der Waals surface area contributed by atoms with Crippen LogP contribution in [0.4, 0.5) is 10.5 Å². The lowest BCUT2D eigenvalue weighted by atomic mass is 10.1. The number of carbonyl (C=O) groups is 2. The smallest absolute Gasteiger partial charge is 0.412 e. The van der Waals surface area contributed by atoms with Gasteiger partial charge in [-0.05, 0) is 38.8 Å². The predicted molar refractivity (Wildman–Crippen MR) is 95.2 cm³/mol. The van der Waals surface area contributed by atoms with Crippen LogP contribution >= 0.6 is 0 Å². The average Bonchev–Trinajstić information content (AvgIpc) is 3.01. The van der Waals surface area contributed by atoms with Gasteiger partial charge < -0.3 is 4.74 Å². The second kappa shape index (κ2) is 7.46. The van der Waals surface area contributed by atoms with Crippen molar-refractivity contribution in [3.8, 4) is 5.69 Å². The highest BCUT2D eigenvalue weighted by Crippen LogP contribution is 2.21. The number of aryl methyl sites for hydroxylation is 1. The summed E-state index contributed by atoms with van der Waals surface area (Å²) in [7, 11) is 0. The first kappa shape index (κ1) is 18.6. The van der Waals surface area contributed by atoms with Crippen LogP contribution in [0.25, 0.3) is 5.69 Å². The van der Waals surface area contributed by atoms with E-state index in [0.29, 0.717) is 11.4 Å². The number of ether oxygens (including phenoxy) is 1. The van der Waals surface area contributed by atoms with Crippen LogP contribution in [0.5, 0.6) is 0 Å². The molecule has 2 heterocycles. The molecule has 0 fully saturated rings. The molecular formula is C18H24N4O3. The highest BCUT2D eigenvalue weighted by Gasteiger charge is 2.20. The fraction of sp³-hybridized carbons (Fsp3) is 0.444. The molecule has 0 aliphatic carbocycles. The van der Waals surface area contributed by atoms with Crippen LogP contribution in [0, 0.1) is 0 Å². The van der Waals surface area contributed by atoms with Gasteiger partial charge in [0, 0.05) is 12.6 Å². The SMILES string of the molecule is CCC(=O)c1ncc(-n2cc(CC)cn2)cc1NC(=O)OC(C)(C)C. The summed E-state index contributed by atoms with van der Waals surface area (Å²) >= 11 is 0. The summed E-state index contributed by atoms with van der Waals surface area (Å²) in [4.78, 5) is 28.4. The van der Waals surface area contributed by atoms with Crippen LogP contribution in [0.15, 0.2) is 24.7 Å². The molecule has 0 aliphatic heterocycles. The Balaban J connectivity index is 2.37. The van der Waals surface area contributed by atoms with Gasteiger partial charge in [0.05, 0.1) is 23.8 Å². The van der Waals surface area contributed by atoms with Gasteiger partial charge in [-0.25, -0.2) is 14.5 Å². The quantitative estimate of drug-likeness (QED) is 0.834. The van der Waals surface area contributed by atoms with Gasteiger partial charge in [-0.15, -0.1) is 0 Å². The second-order valence-electron chi connectivity index (χ2n) is 6.64. The zero-order valence-electron chi connectivity index (χ0n) is 15.3. The van der Waals surface area contributed by atoms with Gasteiger partial charge in [0.2, 0.25) is 0 Å². The van der Waals surface area contributed by atoms with Crippen molar-refractivity contribution in [1.82, 2.24) is 14.8 Å². The Kier molecular flexibility index (Phi) is 5.56. The summed E-state index contributed by atoms with van der Waals surface area (Å²) < 4.78 is 6.92. The van der Waals surface area contributed by atoms with Gasteiger partial charge in [-0.1, -0.05) is 13.8 Å². The molecule has 0 bridgehead atoms. The highest BCUT2D eigenvalue weighted by atomic mass is 16.6. The fourth-order valence-electron chi connectivity index (χ4n) is 2.16. The first-order valence-electron chi connectivity index (χ1n) is 8.30. The van der Waals surface area contributed by atoms with Crippen molar-refractivity contribution in [3.63, 3.8) is 0 Å². The minimum absolute atomic E-state index is 0.160. The van der Waals surface area contributed by atoms with Crippen molar-refractivity contribution in [3.05, 3.63) is 35.9 Å². The van der Waals surface area contributed by atoms with E-state index in [2.05, 4.69) is 15.4 Å². The van der Waals surface area contributed by atoms with Crippen LogP contribution in [0.1, 0.15) is 57.1 Å². The maximum atomic E-state index is 12.1. The Morgan fingerprint density at radius 2 is 1.96 bits per heavy atom. The van der Waals surface area contributed by atoms with E-state index in [-0.39, 0.29) is 17.9 Å². The highest BCUT2D eigenvalue weighted by molar-refractivity contribution is 6.02. The van der Waals surface area contributed by atoms with Crippen LogP contribution < -0.4 is 5.32 Å². The van der Waals surface area contributed by atoms with E-state index < -0.39 is 11.7 Å². The Hall–Kier alpha value is -2.70. The molecule has 0 unspecified atom stereocenters. The van der Waals surface area contributed by atoms with Crippen LogP contribution in [0.2, 0.25) is 0 Å². The van der Waals surface area contributed by atoms with Crippen molar-refractivity contribution in [1.29, 1.82) is 0 Å². The van der Waals surface area contributed by atoms with E-state index in [1.54, 1.807) is 50.8 Å². The molecular weight excluding hydrogens is 320 g/mol. The maximum absolute atomic E-state index is 12.1. The third kappa shape index (κ3) is 4.89. The monoisotopic (exact) mass is 344 g/mol. The molecule has 2 rings (SSSR count). The first-order valence-corrected chi connectivity index (χ1v) is 8.30. The Labute approximate surface area is 147 Å². The molecule has 1 amide bonds. The van der Waals surface area contributed by atoms with Crippen molar-refractivity contribution in [2.45, 2.75) is 53.1 Å². The Morgan fingerprint density at radius 1 is 1.24 bits per heavy atom. The molecule has 0 spiro atoms. The number of ketones is 1. The zero-order chi connectivity index (χ0) is 18.6. The average molecular weight is 344 g/mol. The largest absolute Gasteiger partial charge is 0.444 e. The standard InChI is InChI=1S/C18H24N4O3/c1-6-12-9-20-22(11-12)13-8-14(16(19-10-13)15(23)7-2)21-17(24)25-18(3,4)5/h8-11H,6-7H2,1-5H3,(H,21,24). The van der Waals surface area contributed by atoms with E-state index >= 15 is 0 Å². The van der Waals surface area contributed by atoms with Crippen molar-refractivity contribution in [2.75, 3.05) is 5.32 Å². The van der Waals surface area contributed by atoms with E-state index in [0.717, 1.165) is 12.0 Å². The number of Topliss-reactive ketones (excluding diaryl/α,β-unsaturated/α-hetero) is 1. The minimum Gasteiger partial charge on any atom is -0.444 e. The minimum atomic E-state index is -0.637. The normalized spacial score (nSPS) is 11.2. The lowest BCUT2D eigenvalue weighted by Gasteiger charge is -2.20. The van der Waals surface area contributed by atoms with E-state index in [1.807, 2.05) is 13.1 Å². The second-order valence-corrected chi connectivity index (χ2v) is 6.64. The Bertz CT molecular complexity index is 775. The lowest BCUT2D eigenvalue weighted by Crippen LogP contribution is -2.28. The summed E-state index contributed by atoms with van der Waals surface area (Å²) in [5.74, 6) is -0.160. The summed E-state index contributed by atoms with van der Waals surface area (Å²) in [5.41, 5.74) is 1.61. The molecule has 7 nitrogen and oxygen atoms in total. The summed E-state index contributed by atoms with van der Waals surface area (Å²) in [5, 5.41) is 6.91. The van der Waals surface area contributed by atoms with Crippen LogP contribution in [0.3, 0.4) is 0 Å². The molecule has 0 aromatic carbocycles. The van der Waals surface area contributed by atoms with E-state index in [1.165, 1.54) is 0 Å². The molecule has 2 aromatic rings. The number of hydrogen-bond acceptors (Lipinski definition) is 5. The third-order valence-corrected chi connectivity index (χ3v) is 3.40. The van der Waals surface area contributed by atoms with E-state index in [4.69, 9.17) is 4.74 Å². The van der Waals surface area contributed by atoms with Gasteiger partial charge in [-0.2, -0.15) is 5.10 Å². The molecule has 25 heavy (non-hydrogen) atoms. The molecule has 0 aliphatic rings. The maximum Gasteiger partial charge on any atom is 0.412 e. The number of aromatic nitrogens is 3. The third-order valence-electron chi connectivity index (χ3n) is 3.40. The Morgan fingerprint density at radius 3 is 2.52 bits per heavy atom. The number of pyridine rings is 1. The number of nitrogens with zero attached hydrogens (tertiary/aromatic N) is 3. The molecule has 0 saturated carbocycles. The molecule has 0 atom stereocenters. The predicted octanol–water partition coefficient (Wildman–Crippen LogP) is 3.77. The molecule has 7 heteroatoms. The number of nitrogens with one attached hydrogen (secondary N) is 1. The van der Waals surface area contributed by atoms with Gasteiger partial charge in [0.15, 0.2) is 5.78 Å². The van der Waals surface area contributed by atoms with Gasteiger partial charge in [0.1, 0.15) is 11.3 Å². The lowest BCUT2D eigenvalue weighted by molar-refractivity contribution is 0.0636. The van der Waals surface area contributed by atoms with Crippen LogP contribution in [-0.2, 0) is 11.2 Å². The van der Waals surface area contributed by atoms with Crippen molar-refractivity contribution in [2.24, 2.45) is 0 Å². The van der Waals surface area contributed by atoms with E-state index in [9.17, 15) is 9.59 Å². The molecule has 0 saturated heterocycles. The zero-order valence-corrected chi connectivity index (χ0v) is 15.3. The van der Waals surface area contributed by atoms with Gasteiger partial charge >= 0.3 is 6.09 Å².